The molecule has 6 nitrogen and oxygen atoms in total. The van der Waals surface area contributed by atoms with Gasteiger partial charge in [-0.1, -0.05) is 0 Å². The number of benzene rings is 2. The summed E-state index contributed by atoms with van der Waals surface area (Å²) in [5.74, 6) is 0.140. The van der Waals surface area contributed by atoms with Crippen LogP contribution in [-0.2, 0) is 0 Å². The van der Waals surface area contributed by atoms with Gasteiger partial charge in [-0.3, -0.25) is 9.59 Å². The van der Waals surface area contributed by atoms with E-state index in [9.17, 15) is 14.0 Å². The zero-order valence-electron chi connectivity index (χ0n) is 18.2. The molecule has 0 spiro atoms. The number of hydrogen-bond donors (Lipinski definition) is 1. The van der Waals surface area contributed by atoms with Gasteiger partial charge in [-0.2, -0.15) is 0 Å². The number of rotatable bonds is 7. The molecule has 3 rings (SSSR count). The van der Waals surface area contributed by atoms with Crippen LogP contribution in [0.4, 0.5) is 4.39 Å². The number of nitrogens with zero attached hydrogens (tertiary/aromatic N) is 1. The van der Waals surface area contributed by atoms with Crippen molar-refractivity contribution < 1.29 is 23.5 Å². The maximum Gasteiger partial charge on any atom is 0.253 e. The lowest BCUT2D eigenvalue weighted by Gasteiger charge is -2.32. The summed E-state index contributed by atoms with van der Waals surface area (Å²) in [6.45, 7) is 5.50. The van der Waals surface area contributed by atoms with Crippen molar-refractivity contribution in [2.75, 3.05) is 26.8 Å². The molecule has 2 aromatic rings. The molecule has 166 valence electrons. The van der Waals surface area contributed by atoms with E-state index in [1.165, 1.54) is 19.2 Å². The largest absolute Gasteiger partial charge is 0.494 e. The number of amides is 2. The summed E-state index contributed by atoms with van der Waals surface area (Å²) in [4.78, 5) is 26.6. The Labute approximate surface area is 182 Å². The van der Waals surface area contributed by atoms with Gasteiger partial charge in [0.25, 0.3) is 11.8 Å². The van der Waals surface area contributed by atoms with Crippen molar-refractivity contribution in [2.45, 2.75) is 32.7 Å². The molecule has 1 fully saturated rings. The highest BCUT2D eigenvalue weighted by Crippen LogP contribution is 2.23. The Morgan fingerprint density at radius 3 is 2.52 bits per heavy atom. The second-order valence-corrected chi connectivity index (χ2v) is 8.07. The van der Waals surface area contributed by atoms with Crippen LogP contribution in [0.2, 0.25) is 0 Å². The van der Waals surface area contributed by atoms with Gasteiger partial charge in [0.2, 0.25) is 0 Å². The first kappa shape index (κ1) is 22.6. The summed E-state index contributed by atoms with van der Waals surface area (Å²) in [7, 11) is 1.39. The number of ether oxygens (including phenoxy) is 2. The van der Waals surface area contributed by atoms with Crippen molar-refractivity contribution in [1.29, 1.82) is 0 Å². The van der Waals surface area contributed by atoms with Crippen LogP contribution in [0.5, 0.6) is 11.5 Å². The molecule has 31 heavy (non-hydrogen) atoms. The first-order chi connectivity index (χ1) is 14.9. The summed E-state index contributed by atoms with van der Waals surface area (Å²) < 4.78 is 24.8. The van der Waals surface area contributed by atoms with Crippen molar-refractivity contribution in [2.24, 2.45) is 5.92 Å². The summed E-state index contributed by atoms with van der Waals surface area (Å²) in [5.41, 5.74) is 0.900. The molecule has 2 aromatic carbocycles. The van der Waals surface area contributed by atoms with Gasteiger partial charge in [-0.15, -0.1) is 0 Å². The van der Waals surface area contributed by atoms with Crippen molar-refractivity contribution in [3.63, 3.8) is 0 Å². The molecule has 1 aliphatic heterocycles. The quantitative estimate of drug-likeness (QED) is 0.726. The van der Waals surface area contributed by atoms with E-state index in [1.54, 1.807) is 35.2 Å². The molecule has 0 bridgehead atoms. The molecular weight excluding hydrogens is 399 g/mol. The smallest absolute Gasteiger partial charge is 0.253 e. The highest BCUT2D eigenvalue weighted by Gasteiger charge is 2.25. The summed E-state index contributed by atoms with van der Waals surface area (Å²) in [6.07, 6.45) is 1.82. The Morgan fingerprint density at radius 1 is 1.16 bits per heavy atom. The monoisotopic (exact) mass is 428 g/mol. The average Bonchev–Trinajstić information content (AvgIpc) is 2.77. The fourth-order valence-electron chi connectivity index (χ4n) is 3.63. The molecule has 0 unspecified atom stereocenters. The van der Waals surface area contributed by atoms with Crippen molar-refractivity contribution in [3.8, 4) is 11.5 Å². The normalized spacial score (nSPS) is 16.2. The van der Waals surface area contributed by atoms with E-state index < -0.39 is 5.82 Å². The van der Waals surface area contributed by atoms with Gasteiger partial charge in [-0.05, 0) is 69.2 Å². The third-order valence-corrected chi connectivity index (χ3v) is 5.23. The minimum Gasteiger partial charge on any atom is -0.494 e. The second kappa shape index (κ2) is 10.3. The Kier molecular flexibility index (Phi) is 7.50. The lowest BCUT2D eigenvalue weighted by molar-refractivity contribution is 0.0632. The van der Waals surface area contributed by atoms with Crippen LogP contribution >= 0.6 is 0 Å². The zero-order valence-corrected chi connectivity index (χ0v) is 18.2. The average molecular weight is 429 g/mol. The van der Waals surface area contributed by atoms with Gasteiger partial charge in [0, 0.05) is 36.2 Å². The maximum absolute atomic E-state index is 14.0. The number of carbonyl (C=O) groups excluding carboxylic acids is 2. The number of piperidine rings is 1. The molecule has 0 aromatic heterocycles. The highest BCUT2D eigenvalue weighted by molar-refractivity contribution is 5.95. The van der Waals surface area contributed by atoms with Gasteiger partial charge >= 0.3 is 0 Å². The molecule has 0 saturated carbocycles. The fourth-order valence-corrected chi connectivity index (χ4v) is 3.63. The van der Waals surface area contributed by atoms with E-state index in [2.05, 4.69) is 5.32 Å². The number of hydrogen-bond acceptors (Lipinski definition) is 4. The van der Waals surface area contributed by atoms with E-state index in [0.29, 0.717) is 36.6 Å². The third-order valence-electron chi connectivity index (χ3n) is 5.23. The standard InChI is InChI=1S/C24H29FN2O4/c1-16(2)26-23(28)18-6-9-20(10-7-18)31-15-17-5-4-12-27(14-17)24(29)19-8-11-22(30-3)21(25)13-19/h6-11,13,16-17H,4-5,12,14-15H2,1-3H3,(H,26,28)/t17-/m1/s1. The van der Waals surface area contributed by atoms with Gasteiger partial charge in [-0.25, -0.2) is 4.39 Å². The van der Waals surface area contributed by atoms with Crippen LogP contribution in [0.15, 0.2) is 42.5 Å². The van der Waals surface area contributed by atoms with Gasteiger partial charge < -0.3 is 19.7 Å². The summed E-state index contributed by atoms with van der Waals surface area (Å²) >= 11 is 0. The Bertz CT molecular complexity index is 914. The zero-order chi connectivity index (χ0) is 22.4. The minimum atomic E-state index is -0.546. The maximum atomic E-state index is 14.0. The van der Waals surface area contributed by atoms with Crippen LogP contribution in [0.25, 0.3) is 0 Å². The minimum absolute atomic E-state index is 0.0785. The molecule has 7 heteroatoms. The number of carbonyl (C=O) groups is 2. The summed E-state index contributed by atoms with van der Waals surface area (Å²) in [5, 5.41) is 2.85. The fraction of sp³-hybridized carbons (Fsp3) is 0.417. The molecule has 0 radical (unpaired) electrons. The van der Waals surface area contributed by atoms with E-state index in [-0.39, 0.29) is 29.5 Å². The van der Waals surface area contributed by atoms with Crippen molar-refractivity contribution in [3.05, 3.63) is 59.4 Å². The molecule has 1 heterocycles. The highest BCUT2D eigenvalue weighted by atomic mass is 19.1. The van der Waals surface area contributed by atoms with E-state index in [0.717, 1.165) is 12.8 Å². The van der Waals surface area contributed by atoms with E-state index in [4.69, 9.17) is 9.47 Å². The molecule has 1 N–H and O–H groups in total. The lowest BCUT2D eigenvalue weighted by Crippen LogP contribution is -2.41. The number of methoxy groups -OCH3 is 1. The predicted molar refractivity (Wildman–Crippen MR) is 116 cm³/mol. The Morgan fingerprint density at radius 2 is 1.87 bits per heavy atom. The number of nitrogens with one attached hydrogen (secondary N) is 1. The molecule has 1 atom stereocenters. The van der Waals surface area contributed by atoms with Crippen LogP contribution in [-0.4, -0.2) is 49.6 Å². The van der Waals surface area contributed by atoms with Crippen LogP contribution in [0, 0.1) is 11.7 Å². The van der Waals surface area contributed by atoms with Crippen LogP contribution in [0.1, 0.15) is 47.4 Å². The number of likely N-dealkylation sites (tertiary alicyclic amines) is 1. The van der Waals surface area contributed by atoms with Crippen LogP contribution in [0.3, 0.4) is 0 Å². The first-order valence-corrected chi connectivity index (χ1v) is 10.5. The van der Waals surface area contributed by atoms with Crippen molar-refractivity contribution in [1.82, 2.24) is 10.2 Å². The topological polar surface area (TPSA) is 67.9 Å². The molecule has 2 amide bonds. The van der Waals surface area contributed by atoms with Crippen molar-refractivity contribution >= 4 is 11.8 Å². The molecular formula is C24H29FN2O4. The van der Waals surface area contributed by atoms with Gasteiger partial charge in [0.1, 0.15) is 5.75 Å². The molecule has 0 aliphatic carbocycles. The molecule has 1 aliphatic rings. The van der Waals surface area contributed by atoms with E-state index in [1.807, 2.05) is 13.8 Å². The predicted octanol–water partition coefficient (Wildman–Crippen LogP) is 3.90. The summed E-state index contributed by atoms with van der Waals surface area (Å²) in [6, 6.07) is 11.4. The van der Waals surface area contributed by atoms with Crippen LogP contribution < -0.4 is 14.8 Å². The SMILES string of the molecule is COc1ccc(C(=O)N2CCC[C@@H](COc3ccc(C(=O)NC(C)C)cc3)C2)cc1F. The van der Waals surface area contributed by atoms with E-state index >= 15 is 0 Å². The molecule has 1 saturated heterocycles. The Hall–Kier alpha value is -3.09. The second-order valence-electron chi connectivity index (χ2n) is 8.07. The van der Waals surface area contributed by atoms with Gasteiger partial charge in [0.15, 0.2) is 11.6 Å². The number of halogens is 1. The third kappa shape index (κ3) is 5.96. The first-order valence-electron chi connectivity index (χ1n) is 10.5. The van der Waals surface area contributed by atoms with Gasteiger partial charge in [0.05, 0.1) is 13.7 Å². The lowest BCUT2D eigenvalue weighted by atomic mass is 9.98. The Balaban J connectivity index is 1.54.